The van der Waals surface area contributed by atoms with Gasteiger partial charge < -0.3 is 20.4 Å². The molecule has 1 unspecified atom stereocenters. The van der Waals surface area contributed by atoms with E-state index in [2.05, 4.69) is 63.9 Å². The topological polar surface area (TPSA) is 61.4 Å². The van der Waals surface area contributed by atoms with Gasteiger partial charge in [-0.15, -0.1) is 0 Å². The summed E-state index contributed by atoms with van der Waals surface area (Å²) in [6.45, 7) is 4.31. The number of aromatic amines is 1. The molecule has 5 nitrogen and oxygen atoms in total. The van der Waals surface area contributed by atoms with Gasteiger partial charge in [-0.25, -0.2) is 0 Å². The summed E-state index contributed by atoms with van der Waals surface area (Å²) in [5.74, 6) is 0.796. The van der Waals surface area contributed by atoms with Gasteiger partial charge in [0.05, 0.1) is 12.6 Å². The Bertz CT molecular complexity index is 824. The Hall–Kier alpha value is -2.79. The van der Waals surface area contributed by atoms with Crippen molar-refractivity contribution in [1.29, 1.82) is 0 Å². The molecule has 27 heavy (non-hydrogen) atoms. The number of H-pyrrole nitrogens is 1. The van der Waals surface area contributed by atoms with E-state index in [9.17, 15) is 0 Å². The quantitative estimate of drug-likeness (QED) is 0.322. The molecule has 0 saturated heterocycles. The van der Waals surface area contributed by atoms with E-state index in [1.807, 2.05) is 24.3 Å². The molecule has 5 heteroatoms. The number of nitrogens with zero attached hydrogens (tertiary/aromatic N) is 1. The molecule has 0 bridgehead atoms. The third kappa shape index (κ3) is 5.59. The molecule has 3 N–H and O–H groups in total. The smallest absolute Gasteiger partial charge is 0.191 e. The van der Waals surface area contributed by atoms with Crippen molar-refractivity contribution in [2.75, 3.05) is 20.2 Å². The fourth-order valence-corrected chi connectivity index (χ4v) is 2.99. The second kappa shape index (κ2) is 9.78. The van der Waals surface area contributed by atoms with Crippen molar-refractivity contribution in [2.24, 2.45) is 4.99 Å². The number of guanidine groups is 1. The van der Waals surface area contributed by atoms with Crippen LogP contribution in [0.25, 0.3) is 10.9 Å². The van der Waals surface area contributed by atoms with E-state index in [0.29, 0.717) is 13.2 Å². The van der Waals surface area contributed by atoms with Crippen molar-refractivity contribution in [3.05, 3.63) is 71.9 Å². The zero-order chi connectivity index (χ0) is 18.9. The monoisotopic (exact) mass is 364 g/mol. The number of hydrogen-bond donors (Lipinski definition) is 3. The molecule has 1 aromatic heterocycles. The zero-order valence-corrected chi connectivity index (χ0v) is 16.0. The highest BCUT2D eigenvalue weighted by molar-refractivity contribution is 5.81. The van der Waals surface area contributed by atoms with Crippen molar-refractivity contribution < 1.29 is 4.74 Å². The number of aliphatic imine (C=N–C) groups is 1. The number of hydrogen-bond acceptors (Lipinski definition) is 2. The average Bonchev–Trinajstić information content (AvgIpc) is 3.13. The Morgan fingerprint density at radius 3 is 2.63 bits per heavy atom. The van der Waals surface area contributed by atoms with Crippen molar-refractivity contribution in [3.8, 4) is 0 Å². The normalized spacial score (nSPS) is 12.9. The maximum absolute atomic E-state index is 5.90. The Morgan fingerprint density at radius 1 is 1.07 bits per heavy atom. The third-order valence-corrected chi connectivity index (χ3v) is 4.51. The first-order valence-electron chi connectivity index (χ1n) is 9.44. The van der Waals surface area contributed by atoms with E-state index < -0.39 is 0 Å². The molecule has 0 aliphatic heterocycles. The lowest BCUT2D eigenvalue weighted by atomic mass is 10.1. The van der Waals surface area contributed by atoms with Gasteiger partial charge in [0.2, 0.25) is 0 Å². The standard InChI is InChI=1S/C22H28N4O/c1-17(18-9-4-3-5-10-18)27-14-8-13-24-22(23-2)25-16-20-15-19-11-6-7-12-21(19)26-20/h3-7,9-12,15,17,26H,8,13-14,16H2,1-2H3,(H2,23,24,25). The summed E-state index contributed by atoms with van der Waals surface area (Å²) in [6.07, 6.45) is 1.04. The predicted octanol–water partition coefficient (Wildman–Crippen LogP) is 4.00. The van der Waals surface area contributed by atoms with Crippen LogP contribution in [0.5, 0.6) is 0 Å². The molecule has 1 atom stereocenters. The van der Waals surface area contributed by atoms with Gasteiger partial charge in [0.15, 0.2) is 5.96 Å². The molecule has 3 rings (SSSR count). The zero-order valence-electron chi connectivity index (χ0n) is 16.0. The number of nitrogens with one attached hydrogen (secondary N) is 3. The predicted molar refractivity (Wildman–Crippen MR) is 112 cm³/mol. The first-order chi connectivity index (χ1) is 13.3. The molecule has 0 aliphatic carbocycles. The second-order valence-electron chi connectivity index (χ2n) is 6.51. The molecule has 3 aromatic rings. The van der Waals surface area contributed by atoms with E-state index in [4.69, 9.17) is 4.74 Å². The SMILES string of the molecule is CN=C(NCCCOC(C)c1ccccc1)NCc1cc2ccccc2[nH]1. The molecule has 2 aromatic carbocycles. The van der Waals surface area contributed by atoms with Crippen LogP contribution in [0.15, 0.2) is 65.7 Å². The maximum atomic E-state index is 5.90. The molecule has 0 aliphatic rings. The lowest BCUT2D eigenvalue weighted by Gasteiger charge is -2.14. The highest BCUT2D eigenvalue weighted by Gasteiger charge is 2.05. The van der Waals surface area contributed by atoms with Gasteiger partial charge in [-0.3, -0.25) is 4.99 Å². The lowest BCUT2D eigenvalue weighted by Crippen LogP contribution is -2.37. The van der Waals surface area contributed by atoms with Gasteiger partial charge >= 0.3 is 0 Å². The van der Waals surface area contributed by atoms with E-state index in [-0.39, 0.29) is 6.10 Å². The van der Waals surface area contributed by atoms with Crippen LogP contribution in [0.4, 0.5) is 0 Å². The highest BCUT2D eigenvalue weighted by atomic mass is 16.5. The molecule has 0 radical (unpaired) electrons. The number of aromatic nitrogens is 1. The highest BCUT2D eigenvalue weighted by Crippen LogP contribution is 2.16. The molecule has 0 fully saturated rings. The van der Waals surface area contributed by atoms with E-state index in [1.165, 1.54) is 10.9 Å². The van der Waals surface area contributed by atoms with Gasteiger partial charge in [-0.2, -0.15) is 0 Å². The summed E-state index contributed by atoms with van der Waals surface area (Å²) in [4.78, 5) is 7.69. The fraction of sp³-hybridized carbons (Fsp3) is 0.318. The van der Waals surface area contributed by atoms with Crippen molar-refractivity contribution in [3.63, 3.8) is 0 Å². The summed E-state index contributed by atoms with van der Waals surface area (Å²) in [5.41, 5.74) is 3.50. The molecular formula is C22H28N4O. The maximum Gasteiger partial charge on any atom is 0.191 e. The number of rotatable bonds is 8. The van der Waals surface area contributed by atoms with Crippen LogP contribution < -0.4 is 10.6 Å². The minimum absolute atomic E-state index is 0.116. The molecule has 0 amide bonds. The molecule has 142 valence electrons. The van der Waals surface area contributed by atoms with E-state index >= 15 is 0 Å². The molecular weight excluding hydrogens is 336 g/mol. The van der Waals surface area contributed by atoms with Crippen molar-refractivity contribution >= 4 is 16.9 Å². The van der Waals surface area contributed by atoms with Gasteiger partial charge in [-0.1, -0.05) is 48.5 Å². The van der Waals surface area contributed by atoms with Gasteiger partial charge in [0.1, 0.15) is 0 Å². The Labute approximate surface area is 160 Å². The lowest BCUT2D eigenvalue weighted by molar-refractivity contribution is 0.0646. The third-order valence-electron chi connectivity index (χ3n) is 4.51. The molecule has 1 heterocycles. The van der Waals surface area contributed by atoms with Crippen LogP contribution in [0.1, 0.15) is 30.7 Å². The van der Waals surface area contributed by atoms with Crippen molar-refractivity contribution in [1.82, 2.24) is 15.6 Å². The van der Waals surface area contributed by atoms with Gasteiger partial charge in [0, 0.05) is 31.4 Å². The molecule has 0 spiro atoms. The number of para-hydroxylation sites is 1. The largest absolute Gasteiger partial charge is 0.374 e. The van der Waals surface area contributed by atoms with Crippen LogP contribution in [0.3, 0.4) is 0 Å². The van der Waals surface area contributed by atoms with Crippen LogP contribution in [-0.4, -0.2) is 31.1 Å². The van der Waals surface area contributed by atoms with Gasteiger partial charge in [0.25, 0.3) is 0 Å². The Kier molecular flexibility index (Phi) is 6.88. The minimum Gasteiger partial charge on any atom is -0.374 e. The summed E-state index contributed by atoms with van der Waals surface area (Å²) in [7, 11) is 1.79. The van der Waals surface area contributed by atoms with Crippen molar-refractivity contribution in [2.45, 2.75) is 26.0 Å². The Balaban J connectivity index is 1.35. The summed E-state index contributed by atoms with van der Waals surface area (Å²) in [5, 5.41) is 7.89. The van der Waals surface area contributed by atoms with Crippen LogP contribution in [0, 0.1) is 0 Å². The summed E-state index contributed by atoms with van der Waals surface area (Å²) in [6, 6.07) is 20.7. The minimum atomic E-state index is 0.116. The summed E-state index contributed by atoms with van der Waals surface area (Å²) >= 11 is 0. The second-order valence-corrected chi connectivity index (χ2v) is 6.51. The number of benzene rings is 2. The van der Waals surface area contributed by atoms with E-state index in [1.54, 1.807) is 7.05 Å². The van der Waals surface area contributed by atoms with Crippen LogP contribution in [-0.2, 0) is 11.3 Å². The summed E-state index contributed by atoms with van der Waals surface area (Å²) < 4.78 is 5.90. The fourth-order valence-electron chi connectivity index (χ4n) is 2.99. The number of ether oxygens (including phenoxy) is 1. The first-order valence-corrected chi connectivity index (χ1v) is 9.44. The number of fused-ring (bicyclic) bond motifs is 1. The van der Waals surface area contributed by atoms with Gasteiger partial charge in [-0.05, 0) is 36.4 Å². The van der Waals surface area contributed by atoms with Crippen LogP contribution >= 0.6 is 0 Å². The van der Waals surface area contributed by atoms with Crippen LogP contribution in [0.2, 0.25) is 0 Å². The molecule has 0 saturated carbocycles. The average molecular weight is 364 g/mol. The van der Waals surface area contributed by atoms with E-state index in [0.717, 1.165) is 30.1 Å². The first kappa shape index (κ1) is 19.0. The Morgan fingerprint density at radius 2 is 1.85 bits per heavy atom.